The van der Waals surface area contributed by atoms with Crippen LogP contribution in [0.3, 0.4) is 0 Å². The second-order valence-electron chi connectivity index (χ2n) is 8.57. The second-order valence-corrected chi connectivity index (χ2v) is 8.90. The van der Waals surface area contributed by atoms with Gasteiger partial charge in [0, 0.05) is 0 Å². The van der Waals surface area contributed by atoms with Crippen LogP contribution in [-0.2, 0) is 25.5 Å². The van der Waals surface area contributed by atoms with Crippen molar-refractivity contribution in [1.29, 1.82) is 0 Å². The summed E-state index contributed by atoms with van der Waals surface area (Å²) in [5.74, 6) is 0.351. The quantitative estimate of drug-likeness (QED) is 0.207. The van der Waals surface area contributed by atoms with Gasteiger partial charge in [0.2, 0.25) is 11.4 Å². The highest BCUT2D eigenvalue weighted by Crippen LogP contribution is 2.39. The van der Waals surface area contributed by atoms with Crippen molar-refractivity contribution in [2.75, 3.05) is 6.61 Å². The van der Waals surface area contributed by atoms with Crippen molar-refractivity contribution in [3.63, 3.8) is 0 Å². The fourth-order valence-electron chi connectivity index (χ4n) is 4.57. The predicted molar refractivity (Wildman–Crippen MR) is 118 cm³/mol. The normalized spacial score (nSPS) is 27.4. The number of rotatable bonds is 8. The number of terminal acetylenes is 1. The summed E-state index contributed by atoms with van der Waals surface area (Å²) in [7, 11) is 0. The number of aliphatic hydroxyl groups excluding tert-OH is 1. The molecule has 2 fully saturated rings. The smallest absolute Gasteiger partial charge is 0.256 e. The first-order chi connectivity index (χ1) is 16.2. The molecule has 1 aliphatic carbocycles. The largest absolute Gasteiger partial charge is 0.384 e. The van der Waals surface area contributed by atoms with Crippen molar-refractivity contribution in [2.45, 2.75) is 62.2 Å². The van der Waals surface area contributed by atoms with Crippen LogP contribution in [0.15, 0.2) is 6.33 Å². The number of hydrogen-bond acceptors (Lipinski definition) is 9. The van der Waals surface area contributed by atoms with Crippen molar-refractivity contribution in [3.05, 3.63) is 17.3 Å². The number of aromatic nitrogens is 4. The maximum absolute atomic E-state index is 11.4. The Balaban J connectivity index is 1.63. The van der Waals surface area contributed by atoms with Crippen LogP contribution >= 0.6 is 11.6 Å². The zero-order chi connectivity index (χ0) is 24.6. The van der Waals surface area contributed by atoms with Crippen molar-refractivity contribution in [1.82, 2.24) is 19.5 Å². The first kappa shape index (κ1) is 24.3. The van der Waals surface area contributed by atoms with E-state index in [0.29, 0.717) is 29.2 Å². The Bertz CT molecular complexity index is 1130. The van der Waals surface area contributed by atoms with E-state index in [2.05, 4.69) is 20.9 Å². The van der Waals surface area contributed by atoms with Crippen LogP contribution in [0.2, 0.25) is 5.28 Å². The molecule has 1 aliphatic heterocycles. The molecule has 0 radical (unpaired) electrons. The monoisotopic (exact) mass is 492 g/mol. The summed E-state index contributed by atoms with van der Waals surface area (Å²) in [5.41, 5.74) is 9.46. The molecule has 2 aromatic rings. The molecule has 0 unspecified atom stereocenters. The van der Waals surface area contributed by atoms with E-state index in [0.717, 1.165) is 12.8 Å². The number of carbonyl (C=O) groups excluding carboxylic acids is 2. The summed E-state index contributed by atoms with van der Waals surface area (Å²) in [6, 6.07) is 0. The van der Waals surface area contributed by atoms with Crippen molar-refractivity contribution < 1.29 is 29.3 Å². The van der Waals surface area contributed by atoms with Gasteiger partial charge < -0.3 is 31.2 Å². The maximum atomic E-state index is 11.4. The number of imidazole rings is 1. The molecule has 4 atom stereocenters. The second kappa shape index (κ2) is 9.44. The van der Waals surface area contributed by atoms with E-state index in [1.54, 1.807) is 0 Å². The molecule has 182 valence electrons. The number of halogens is 1. The Morgan fingerprint density at radius 3 is 2.65 bits per heavy atom. The average molecular weight is 493 g/mol. The molecule has 0 bridgehead atoms. The fraction of sp³-hybridized carbons (Fsp3) is 0.571. The van der Waals surface area contributed by atoms with Gasteiger partial charge in [0.15, 0.2) is 17.5 Å². The highest BCUT2D eigenvalue weighted by Gasteiger charge is 2.56. The topological polar surface area (TPSA) is 189 Å². The molecule has 4 rings (SSSR count). The Hall–Kier alpha value is -2.82. The number of aliphatic hydroxyl groups is 2. The number of ether oxygens (including phenoxy) is 2. The molecular formula is C21H25ClN6O6. The zero-order valence-corrected chi connectivity index (χ0v) is 18.9. The summed E-state index contributed by atoms with van der Waals surface area (Å²) in [5, 5.41) is 21.8. The average Bonchev–Trinajstić information content (AvgIpc) is 3.49. The molecule has 2 aromatic heterocycles. The number of nitrogens with two attached hydrogens (primary N) is 2. The van der Waals surface area contributed by atoms with Crippen LogP contribution in [0.25, 0.3) is 11.2 Å². The van der Waals surface area contributed by atoms with E-state index in [4.69, 9.17) is 39.0 Å². The fourth-order valence-corrected chi connectivity index (χ4v) is 4.75. The summed E-state index contributed by atoms with van der Waals surface area (Å²) < 4.78 is 12.3. The summed E-state index contributed by atoms with van der Waals surface area (Å²) in [4.78, 5) is 35.8. The van der Waals surface area contributed by atoms with E-state index < -0.39 is 48.6 Å². The van der Waals surface area contributed by atoms with E-state index in [1.807, 2.05) is 0 Å². The number of fused-ring (bicyclic) bond motifs is 1. The third kappa shape index (κ3) is 4.33. The van der Waals surface area contributed by atoms with E-state index in [-0.39, 0.29) is 5.28 Å². The molecular weight excluding hydrogens is 468 g/mol. The van der Waals surface area contributed by atoms with Gasteiger partial charge in [-0.1, -0.05) is 31.6 Å². The van der Waals surface area contributed by atoms with E-state index in [1.165, 1.54) is 23.7 Å². The minimum Gasteiger partial charge on any atom is -0.384 e. The Morgan fingerprint density at radius 2 is 2.03 bits per heavy atom. The molecule has 1 saturated heterocycles. The minimum atomic E-state index is -2.23. The van der Waals surface area contributed by atoms with Crippen LogP contribution in [0, 0.1) is 18.3 Å². The molecule has 2 amide bonds. The first-order valence-electron chi connectivity index (χ1n) is 10.8. The van der Waals surface area contributed by atoms with Crippen LogP contribution in [0.5, 0.6) is 0 Å². The lowest BCUT2D eigenvalue weighted by Crippen LogP contribution is -2.50. The molecule has 13 heteroatoms. The van der Waals surface area contributed by atoms with Gasteiger partial charge in [-0.15, -0.1) is 6.42 Å². The van der Waals surface area contributed by atoms with E-state index >= 15 is 0 Å². The van der Waals surface area contributed by atoms with Gasteiger partial charge >= 0.3 is 0 Å². The summed E-state index contributed by atoms with van der Waals surface area (Å²) in [6.07, 6.45) is 6.13. The van der Waals surface area contributed by atoms with Gasteiger partial charge in [0.1, 0.15) is 17.7 Å². The lowest BCUT2D eigenvalue weighted by atomic mass is 9.93. The summed E-state index contributed by atoms with van der Waals surface area (Å²) >= 11 is 6.18. The molecule has 12 nitrogen and oxygen atoms in total. The molecule has 0 spiro atoms. The van der Waals surface area contributed by atoms with Gasteiger partial charge in [-0.3, -0.25) is 14.2 Å². The number of carbonyl (C=O) groups is 2. The van der Waals surface area contributed by atoms with Gasteiger partial charge in [-0.25, -0.2) is 9.97 Å². The van der Waals surface area contributed by atoms with Crippen molar-refractivity contribution >= 4 is 34.6 Å². The lowest BCUT2D eigenvalue weighted by molar-refractivity contribution is -0.148. The van der Waals surface area contributed by atoms with Gasteiger partial charge in [-0.2, -0.15) is 4.98 Å². The van der Waals surface area contributed by atoms with Gasteiger partial charge in [0.25, 0.3) is 11.8 Å². The lowest BCUT2D eigenvalue weighted by Gasteiger charge is -2.25. The van der Waals surface area contributed by atoms with Crippen LogP contribution in [0.4, 0.5) is 0 Å². The Labute approximate surface area is 199 Å². The maximum Gasteiger partial charge on any atom is 0.256 e. The third-order valence-electron chi connectivity index (χ3n) is 6.38. The molecule has 34 heavy (non-hydrogen) atoms. The molecule has 3 heterocycles. The highest BCUT2D eigenvalue weighted by molar-refractivity contribution is 6.28. The first-order valence-corrected chi connectivity index (χ1v) is 11.2. The van der Waals surface area contributed by atoms with Crippen LogP contribution < -0.4 is 11.5 Å². The standard InChI is InChI=1S/C21H25ClN6O6/c1-2-21(32)12(8-33-14(16(23)30)17(24)31)34-19(15(21)29)28-9-25-13-11(7-10-5-3-4-6-10)26-20(22)27-18(13)28/h1,9-10,12,14-15,19,29,32H,3-8H2,(H2,23,30)(H2,24,31)/t12-,15+,19-,21-/m1/s1. The SMILES string of the molecule is C#C[C@@]1(O)[C@@H](COC(C(N)=O)C(N)=O)O[C@@H](n2cnc3c(CC4CCCC4)nc(Cl)nc32)[C@@H]1O. The summed E-state index contributed by atoms with van der Waals surface area (Å²) in [6.45, 7) is -0.555. The molecule has 2 aliphatic rings. The zero-order valence-electron chi connectivity index (χ0n) is 18.1. The van der Waals surface area contributed by atoms with Crippen LogP contribution in [-0.4, -0.2) is 72.1 Å². The number of primary amides is 2. The highest BCUT2D eigenvalue weighted by atomic mass is 35.5. The van der Waals surface area contributed by atoms with Crippen LogP contribution in [0.1, 0.15) is 37.6 Å². The third-order valence-corrected chi connectivity index (χ3v) is 6.54. The molecule has 0 aromatic carbocycles. The van der Waals surface area contributed by atoms with Crippen molar-refractivity contribution in [3.8, 4) is 12.3 Å². The van der Waals surface area contributed by atoms with Gasteiger partial charge in [-0.05, 0) is 23.9 Å². The minimum absolute atomic E-state index is 0.00702. The number of amides is 2. The number of nitrogens with zero attached hydrogens (tertiary/aromatic N) is 4. The number of hydrogen-bond donors (Lipinski definition) is 4. The Morgan fingerprint density at radius 1 is 1.35 bits per heavy atom. The van der Waals surface area contributed by atoms with Gasteiger partial charge in [0.05, 0.1) is 18.6 Å². The molecule has 6 N–H and O–H groups in total. The Kier molecular flexibility index (Phi) is 6.75. The van der Waals surface area contributed by atoms with E-state index in [9.17, 15) is 19.8 Å². The molecule has 1 saturated carbocycles. The predicted octanol–water partition coefficient (Wildman–Crippen LogP) is -0.809. The van der Waals surface area contributed by atoms with Crippen molar-refractivity contribution in [2.24, 2.45) is 17.4 Å².